The molecule has 0 radical (unpaired) electrons. The highest BCUT2D eigenvalue weighted by Gasteiger charge is 2.43. The lowest BCUT2D eigenvalue weighted by molar-refractivity contribution is -0.142. The molecule has 1 aliphatic heterocycles. The van der Waals surface area contributed by atoms with Crippen molar-refractivity contribution in [2.45, 2.75) is 88.3 Å². The lowest BCUT2D eigenvalue weighted by atomic mass is 9.61. The number of carboxylic acids is 1. The van der Waals surface area contributed by atoms with Crippen LogP contribution in [-0.2, 0) is 10.2 Å². The molecule has 0 bridgehead atoms. The van der Waals surface area contributed by atoms with Crippen molar-refractivity contribution in [3.63, 3.8) is 0 Å². The minimum Gasteiger partial charge on any atom is -0.481 e. The first-order valence-corrected chi connectivity index (χ1v) is 13.1. The van der Waals surface area contributed by atoms with E-state index < -0.39 is 14.8 Å². The van der Waals surface area contributed by atoms with Crippen LogP contribution in [0.3, 0.4) is 0 Å². The number of hydrogen-bond donors (Lipinski definition) is 1. The number of aliphatic carboxylic acids is 1. The fourth-order valence-electron chi connectivity index (χ4n) is 6.01. The highest BCUT2D eigenvalue weighted by atomic mass is 28.3. The molecule has 0 amide bonds. The molecule has 1 aromatic rings. The summed E-state index contributed by atoms with van der Waals surface area (Å²) < 4.78 is 0. The Balaban J connectivity index is 1.67. The molecule has 1 saturated carbocycles. The summed E-state index contributed by atoms with van der Waals surface area (Å²) in [5.74, 6) is 0.146. The third-order valence-corrected chi connectivity index (χ3v) is 11.9. The molecule has 1 unspecified atom stereocenters. The number of hydrogen-bond acceptors (Lipinski definition) is 1. The lowest BCUT2D eigenvalue weighted by Crippen LogP contribution is -2.40. The zero-order chi connectivity index (χ0) is 18.6. The molecule has 3 heteroatoms. The highest BCUT2D eigenvalue weighted by Crippen LogP contribution is 2.51. The first-order valence-electron chi connectivity index (χ1n) is 10.8. The van der Waals surface area contributed by atoms with E-state index in [2.05, 4.69) is 44.2 Å². The van der Waals surface area contributed by atoms with E-state index in [1.807, 2.05) is 0 Å². The maximum Gasteiger partial charge on any atom is 0.306 e. The van der Waals surface area contributed by atoms with Gasteiger partial charge in [-0.3, -0.25) is 4.79 Å². The van der Waals surface area contributed by atoms with Crippen LogP contribution >= 0.6 is 0 Å². The van der Waals surface area contributed by atoms with Gasteiger partial charge in [0.25, 0.3) is 0 Å². The van der Waals surface area contributed by atoms with Crippen LogP contribution in [0.4, 0.5) is 0 Å². The molecule has 1 atom stereocenters. The number of carbonyl (C=O) groups is 1. The topological polar surface area (TPSA) is 37.3 Å². The second-order valence-electron chi connectivity index (χ2n) is 9.00. The van der Waals surface area contributed by atoms with Gasteiger partial charge in [-0.15, -0.1) is 0 Å². The van der Waals surface area contributed by atoms with Gasteiger partial charge in [0.05, 0.1) is 5.92 Å². The quantitative estimate of drug-likeness (QED) is 0.619. The largest absolute Gasteiger partial charge is 0.481 e. The molecule has 0 aromatic heterocycles. The van der Waals surface area contributed by atoms with Crippen molar-refractivity contribution in [2.75, 3.05) is 0 Å². The van der Waals surface area contributed by atoms with Crippen molar-refractivity contribution >= 4 is 14.8 Å². The van der Waals surface area contributed by atoms with Crippen molar-refractivity contribution in [3.05, 3.63) is 35.9 Å². The van der Waals surface area contributed by atoms with Gasteiger partial charge in [-0.2, -0.15) is 0 Å². The molecule has 144 valence electrons. The summed E-state index contributed by atoms with van der Waals surface area (Å²) >= 11 is 0. The van der Waals surface area contributed by atoms with Gasteiger partial charge in [0.1, 0.15) is 0 Å². The maximum atomic E-state index is 11.2. The lowest BCUT2D eigenvalue weighted by Gasteiger charge is -2.47. The Morgan fingerprint density at radius 2 is 1.77 bits per heavy atom. The molecule has 1 heterocycles. The summed E-state index contributed by atoms with van der Waals surface area (Å²) in [6.45, 7) is 4.79. The molecular weight excluding hydrogens is 336 g/mol. The SMILES string of the molecule is CCCC(C)C1(c2ccccc2)CCC([SiH]2CCC(C(=O)O)CC2)CC1. The van der Waals surface area contributed by atoms with Gasteiger partial charge in [-0.05, 0) is 48.1 Å². The van der Waals surface area contributed by atoms with Crippen LogP contribution in [0.25, 0.3) is 0 Å². The van der Waals surface area contributed by atoms with E-state index in [4.69, 9.17) is 0 Å². The van der Waals surface area contributed by atoms with E-state index in [1.165, 1.54) is 50.6 Å². The Morgan fingerprint density at radius 3 is 2.31 bits per heavy atom. The van der Waals surface area contributed by atoms with E-state index in [0.29, 0.717) is 5.41 Å². The Hall–Kier alpha value is -1.09. The first kappa shape index (κ1) is 19.7. The summed E-state index contributed by atoms with van der Waals surface area (Å²) in [7, 11) is -0.750. The van der Waals surface area contributed by atoms with Gasteiger partial charge < -0.3 is 5.11 Å². The molecular formula is C23H36O2Si. The zero-order valence-electron chi connectivity index (χ0n) is 16.6. The van der Waals surface area contributed by atoms with Crippen LogP contribution in [0, 0.1) is 11.8 Å². The van der Waals surface area contributed by atoms with E-state index >= 15 is 0 Å². The fraction of sp³-hybridized carbons (Fsp3) is 0.696. The van der Waals surface area contributed by atoms with Crippen molar-refractivity contribution in [2.24, 2.45) is 11.8 Å². The average Bonchev–Trinajstić information content (AvgIpc) is 2.69. The summed E-state index contributed by atoms with van der Waals surface area (Å²) in [5.41, 5.74) is 2.89. The minimum absolute atomic E-state index is 0.0460. The third kappa shape index (κ3) is 4.08. The summed E-state index contributed by atoms with van der Waals surface area (Å²) in [6.07, 6.45) is 9.96. The smallest absolute Gasteiger partial charge is 0.306 e. The predicted molar refractivity (Wildman–Crippen MR) is 112 cm³/mol. The van der Waals surface area contributed by atoms with Crippen molar-refractivity contribution in [1.29, 1.82) is 0 Å². The van der Waals surface area contributed by atoms with Crippen LogP contribution in [0.15, 0.2) is 30.3 Å². The van der Waals surface area contributed by atoms with Gasteiger partial charge in [0.15, 0.2) is 0 Å². The average molecular weight is 373 g/mol. The molecule has 1 aliphatic carbocycles. The van der Waals surface area contributed by atoms with Crippen LogP contribution in [0.1, 0.15) is 70.8 Å². The standard InChI is InChI=1S/C23H36O2Si/c1-3-7-18(2)23(20-8-5-4-6-9-20)14-10-21(11-15-23)26-16-12-19(13-17-26)22(24)25/h4-6,8-9,18-19,21,26H,3,7,10-17H2,1-2H3,(H,24,25). The van der Waals surface area contributed by atoms with Crippen LogP contribution < -0.4 is 0 Å². The molecule has 26 heavy (non-hydrogen) atoms. The molecule has 2 nitrogen and oxygen atoms in total. The molecule has 3 rings (SSSR count). The number of benzene rings is 1. The predicted octanol–water partition coefficient (Wildman–Crippen LogP) is 6.03. The molecule has 1 aromatic carbocycles. The first-order chi connectivity index (χ1) is 12.6. The van der Waals surface area contributed by atoms with Crippen LogP contribution in [0.2, 0.25) is 17.6 Å². The van der Waals surface area contributed by atoms with Gasteiger partial charge in [-0.1, -0.05) is 82.0 Å². The van der Waals surface area contributed by atoms with Crippen molar-refractivity contribution < 1.29 is 9.90 Å². The summed E-state index contributed by atoms with van der Waals surface area (Å²) in [6, 6.07) is 13.8. The number of carboxylic acid groups (broad SMARTS) is 1. The van der Waals surface area contributed by atoms with Gasteiger partial charge in [-0.25, -0.2) is 0 Å². The Labute approximate surface area is 161 Å². The molecule has 1 N–H and O–H groups in total. The molecule has 2 fully saturated rings. The van der Waals surface area contributed by atoms with E-state index in [9.17, 15) is 9.90 Å². The van der Waals surface area contributed by atoms with Crippen LogP contribution in [-0.4, -0.2) is 19.9 Å². The molecule has 0 spiro atoms. The van der Waals surface area contributed by atoms with E-state index in [1.54, 1.807) is 5.56 Å². The molecule has 2 aliphatic rings. The van der Waals surface area contributed by atoms with Gasteiger partial charge in [0, 0.05) is 8.80 Å². The Kier molecular flexibility index (Phi) is 6.60. The molecule has 1 saturated heterocycles. The summed E-state index contributed by atoms with van der Waals surface area (Å²) in [4.78, 5) is 11.2. The van der Waals surface area contributed by atoms with E-state index in [0.717, 1.165) is 24.3 Å². The Morgan fingerprint density at radius 1 is 1.15 bits per heavy atom. The van der Waals surface area contributed by atoms with Gasteiger partial charge in [0.2, 0.25) is 0 Å². The Bertz CT molecular complexity index is 569. The second kappa shape index (κ2) is 8.73. The van der Waals surface area contributed by atoms with Gasteiger partial charge >= 0.3 is 5.97 Å². The van der Waals surface area contributed by atoms with E-state index in [-0.39, 0.29) is 5.92 Å². The highest BCUT2D eigenvalue weighted by molar-refractivity contribution is 6.60. The van der Waals surface area contributed by atoms with Crippen LogP contribution in [0.5, 0.6) is 0 Å². The number of rotatable bonds is 6. The zero-order valence-corrected chi connectivity index (χ0v) is 17.8. The van der Waals surface area contributed by atoms with Crippen molar-refractivity contribution in [1.82, 2.24) is 0 Å². The second-order valence-corrected chi connectivity index (χ2v) is 12.6. The monoisotopic (exact) mass is 372 g/mol. The third-order valence-electron chi connectivity index (χ3n) is 7.72. The maximum absolute atomic E-state index is 11.2. The minimum atomic E-state index is -0.750. The van der Waals surface area contributed by atoms with Crippen molar-refractivity contribution in [3.8, 4) is 0 Å². The summed E-state index contributed by atoms with van der Waals surface area (Å²) in [5, 5.41) is 9.26. The normalized spacial score (nSPS) is 33.5. The fourth-order valence-corrected chi connectivity index (χ4v) is 10.2.